The largest absolute Gasteiger partial charge is 0.362 e. The molecular formula is C15H10N2O. The van der Waals surface area contributed by atoms with Gasteiger partial charge in [-0.15, -0.1) is 6.42 Å². The highest BCUT2D eigenvalue weighted by molar-refractivity contribution is 6.34. The van der Waals surface area contributed by atoms with E-state index in [2.05, 4.69) is 16.2 Å². The minimum absolute atomic E-state index is 0.103. The van der Waals surface area contributed by atoms with Crippen LogP contribution in [0.5, 0.6) is 0 Å². The lowest BCUT2D eigenvalue weighted by atomic mass is 10.0. The van der Waals surface area contributed by atoms with Crippen LogP contribution in [0.4, 0.5) is 5.69 Å². The number of nitrogens with one attached hydrogen (secondary N) is 2. The predicted molar refractivity (Wildman–Crippen MR) is 71.7 cm³/mol. The van der Waals surface area contributed by atoms with Gasteiger partial charge in [-0.1, -0.05) is 5.92 Å². The second-order valence-electron chi connectivity index (χ2n) is 4.04. The van der Waals surface area contributed by atoms with Gasteiger partial charge in [-0.05, 0) is 36.4 Å². The van der Waals surface area contributed by atoms with Crippen LogP contribution in [0, 0.1) is 12.3 Å². The normalized spacial score (nSPS) is 15.3. The lowest BCUT2D eigenvalue weighted by molar-refractivity contribution is -0.110. The Labute approximate surface area is 105 Å². The summed E-state index contributed by atoms with van der Waals surface area (Å²) in [5, 5.41) is 2.82. The summed E-state index contributed by atoms with van der Waals surface area (Å²) < 4.78 is 0. The van der Waals surface area contributed by atoms with Crippen molar-refractivity contribution in [2.75, 3.05) is 5.32 Å². The molecule has 1 aromatic heterocycles. The molecular weight excluding hydrogens is 224 g/mol. The van der Waals surface area contributed by atoms with Crippen LogP contribution in [0.15, 0.2) is 36.5 Å². The first-order valence-corrected chi connectivity index (χ1v) is 5.55. The molecule has 2 aromatic rings. The van der Waals surface area contributed by atoms with Crippen LogP contribution in [0.3, 0.4) is 0 Å². The van der Waals surface area contributed by atoms with Crippen molar-refractivity contribution >= 4 is 23.2 Å². The van der Waals surface area contributed by atoms with Gasteiger partial charge in [0.25, 0.3) is 5.91 Å². The summed E-state index contributed by atoms with van der Waals surface area (Å²) >= 11 is 0. The summed E-state index contributed by atoms with van der Waals surface area (Å²) in [6, 6.07) is 9.29. The lowest BCUT2D eigenvalue weighted by Crippen LogP contribution is -2.03. The SMILES string of the molecule is C#Cc1ccc2c(c1)/C(=C/c1ccc[nH]1)C(=O)N2. The van der Waals surface area contributed by atoms with Crippen LogP contribution in [-0.2, 0) is 4.79 Å². The number of aromatic nitrogens is 1. The maximum absolute atomic E-state index is 11.9. The topological polar surface area (TPSA) is 44.9 Å². The van der Waals surface area contributed by atoms with Crippen LogP contribution in [-0.4, -0.2) is 10.9 Å². The number of benzene rings is 1. The van der Waals surface area contributed by atoms with Gasteiger partial charge in [-0.25, -0.2) is 0 Å². The van der Waals surface area contributed by atoms with E-state index in [-0.39, 0.29) is 5.91 Å². The Morgan fingerprint density at radius 2 is 2.17 bits per heavy atom. The molecule has 2 heterocycles. The van der Waals surface area contributed by atoms with Crippen molar-refractivity contribution in [3.8, 4) is 12.3 Å². The molecule has 3 rings (SSSR count). The Kier molecular flexibility index (Phi) is 2.28. The number of carbonyl (C=O) groups is 1. The molecule has 18 heavy (non-hydrogen) atoms. The zero-order valence-electron chi connectivity index (χ0n) is 9.53. The van der Waals surface area contributed by atoms with E-state index in [0.717, 1.165) is 22.5 Å². The quantitative estimate of drug-likeness (QED) is 0.578. The highest BCUT2D eigenvalue weighted by Crippen LogP contribution is 2.33. The van der Waals surface area contributed by atoms with Crippen molar-refractivity contribution in [3.63, 3.8) is 0 Å². The van der Waals surface area contributed by atoms with E-state index in [1.165, 1.54) is 0 Å². The van der Waals surface area contributed by atoms with Gasteiger partial charge in [0.05, 0.1) is 5.57 Å². The Balaban J connectivity index is 2.14. The predicted octanol–water partition coefficient (Wildman–Crippen LogP) is 2.49. The van der Waals surface area contributed by atoms with E-state index < -0.39 is 0 Å². The summed E-state index contributed by atoms with van der Waals surface area (Å²) in [5.41, 5.74) is 3.94. The molecule has 3 nitrogen and oxygen atoms in total. The molecule has 0 radical (unpaired) electrons. The summed E-state index contributed by atoms with van der Waals surface area (Å²) in [6.07, 6.45) is 9.02. The number of amides is 1. The zero-order valence-corrected chi connectivity index (χ0v) is 9.53. The number of H-pyrrole nitrogens is 1. The van der Waals surface area contributed by atoms with Crippen LogP contribution in [0.2, 0.25) is 0 Å². The first-order chi connectivity index (χ1) is 8.78. The molecule has 0 aliphatic carbocycles. The Morgan fingerprint density at radius 3 is 2.89 bits per heavy atom. The van der Waals surface area contributed by atoms with Crippen molar-refractivity contribution in [2.45, 2.75) is 0 Å². The fraction of sp³-hybridized carbons (Fsp3) is 0. The number of aromatic amines is 1. The molecule has 1 amide bonds. The molecule has 0 atom stereocenters. The van der Waals surface area contributed by atoms with E-state index in [4.69, 9.17) is 6.42 Å². The molecule has 2 N–H and O–H groups in total. The fourth-order valence-corrected chi connectivity index (χ4v) is 2.01. The molecule has 0 unspecified atom stereocenters. The van der Waals surface area contributed by atoms with Crippen molar-refractivity contribution in [1.29, 1.82) is 0 Å². The zero-order chi connectivity index (χ0) is 12.5. The third-order valence-corrected chi connectivity index (χ3v) is 2.89. The third-order valence-electron chi connectivity index (χ3n) is 2.89. The summed E-state index contributed by atoms with van der Waals surface area (Å²) in [4.78, 5) is 15.0. The third kappa shape index (κ3) is 1.61. The van der Waals surface area contributed by atoms with E-state index >= 15 is 0 Å². The fourth-order valence-electron chi connectivity index (χ4n) is 2.01. The number of anilines is 1. The van der Waals surface area contributed by atoms with Gasteiger partial charge in [0.15, 0.2) is 0 Å². The molecule has 1 aliphatic heterocycles. The van der Waals surface area contributed by atoms with Gasteiger partial charge in [-0.2, -0.15) is 0 Å². The molecule has 0 bridgehead atoms. The average Bonchev–Trinajstić information content (AvgIpc) is 2.99. The number of terminal acetylenes is 1. The highest BCUT2D eigenvalue weighted by atomic mass is 16.2. The number of hydrogen-bond donors (Lipinski definition) is 2. The van der Waals surface area contributed by atoms with Gasteiger partial charge < -0.3 is 10.3 Å². The smallest absolute Gasteiger partial charge is 0.256 e. The Bertz CT molecular complexity index is 688. The molecule has 3 heteroatoms. The minimum atomic E-state index is -0.103. The molecule has 86 valence electrons. The molecule has 0 spiro atoms. The van der Waals surface area contributed by atoms with E-state index in [0.29, 0.717) is 5.57 Å². The minimum Gasteiger partial charge on any atom is -0.362 e. The number of hydrogen-bond acceptors (Lipinski definition) is 1. The summed E-state index contributed by atoms with van der Waals surface area (Å²) in [7, 11) is 0. The molecule has 1 aliphatic rings. The monoisotopic (exact) mass is 234 g/mol. The van der Waals surface area contributed by atoms with Crippen molar-refractivity contribution in [1.82, 2.24) is 4.98 Å². The van der Waals surface area contributed by atoms with Gasteiger partial charge in [0, 0.05) is 28.7 Å². The average molecular weight is 234 g/mol. The van der Waals surface area contributed by atoms with Gasteiger partial charge in [-0.3, -0.25) is 4.79 Å². The standard InChI is InChI=1S/C15H10N2O/c1-2-10-5-6-14-12(8-10)13(15(18)17-14)9-11-4-3-7-16-11/h1,3-9,16H,(H,17,18)/b13-9-. The van der Waals surface area contributed by atoms with Crippen LogP contribution < -0.4 is 5.32 Å². The van der Waals surface area contributed by atoms with E-state index in [1.54, 1.807) is 0 Å². The number of rotatable bonds is 1. The van der Waals surface area contributed by atoms with Crippen molar-refractivity contribution in [2.24, 2.45) is 0 Å². The van der Waals surface area contributed by atoms with Gasteiger partial charge in [0.1, 0.15) is 0 Å². The van der Waals surface area contributed by atoms with E-state index in [1.807, 2.05) is 42.6 Å². The summed E-state index contributed by atoms with van der Waals surface area (Å²) in [6.45, 7) is 0. The molecule has 0 fully saturated rings. The first kappa shape index (κ1) is 10.4. The summed E-state index contributed by atoms with van der Waals surface area (Å²) in [5.74, 6) is 2.47. The van der Waals surface area contributed by atoms with Crippen molar-refractivity contribution in [3.05, 3.63) is 53.3 Å². The first-order valence-electron chi connectivity index (χ1n) is 5.55. The Hall–Kier alpha value is -2.73. The number of fused-ring (bicyclic) bond motifs is 1. The van der Waals surface area contributed by atoms with Crippen LogP contribution >= 0.6 is 0 Å². The molecule has 0 saturated carbocycles. The molecule has 0 saturated heterocycles. The van der Waals surface area contributed by atoms with E-state index in [9.17, 15) is 4.79 Å². The lowest BCUT2D eigenvalue weighted by Gasteiger charge is -1.99. The number of carbonyl (C=O) groups excluding carboxylic acids is 1. The maximum atomic E-state index is 11.9. The van der Waals surface area contributed by atoms with Gasteiger partial charge in [0.2, 0.25) is 0 Å². The van der Waals surface area contributed by atoms with Crippen molar-refractivity contribution < 1.29 is 4.79 Å². The van der Waals surface area contributed by atoms with Crippen LogP contribution in [0.1, 0.15) is 16.8 Å². The van der Waals surface area contributed by atoms with Gasteiger partial charge >= 0.3 is 0 Å². The van der Waals surface area contributed by atoms with Crippen LogP contribution in [0.25, 0.3) is 11.6 Å². The Morgan fingerprint density at radius 1 is 1.28 bits per heavy atom. The second kappa shape index (κ2) is 3.94. The highest BCUT2D eigenvalue weighted by Gasteiger charge is 2.24. The molecule has 1 aromatic carbocycles. The second-order valence-corrected chi connectivity index (χ2v) is 4.04. The maximum Gasteiger partial charge on any atom is 0.256 e.